The lowest BCUT2D eigenvalue weighted by Crippen LogP contribution is -2.41. The van der Waals surface area contributed by atoms with Crippen molar-refractivity contribution >= 4 is 5.91 Å². The van der Waals surface area contributed by atoms with Gasteiger partial charge in [-0.1, -0.05) is 0 Å². The summed E-state index contributed by atoms with van der Waals surface area (Å²) in [6.45, 7) is 3.08. The smallest absolute Gasteiger partial charge is 0.234 e. The van der Waals surface area contributed by atoms with Crippen LogP contribution in [-0.2, 0) is 4.79 Å². The molecule has 4 nitrogen and oxygen atoms in total. The van der Waals surface area contributed by atoms with Gasteiger partial charge in [-0.15, -0.1) is 0 Å². The Morgan fingerprint density at radius 1 is 1.62 bits per heavy atom. The first-order valence-electron chi connectivity index (χ1n) is 4.83. The van der Waals surface area contributed by atoms with Gasteiger partial charge in [0.1, 0.15) is 0 Å². The Morgan fingerprint density at radius 2 is 2.31 bits per heavy atom. The quantitative estimate of drug-likeness (QED) is 0.523. The Kier molecular flexibility index (Phi) is 4.18. The average Bonchev–Trinajstić information content (AvgIpc) is 2.88. The summed E-state index contributed by atoms with van der Waals surface area (Å²) in [4.78, 5) is 11.1. The Labute approximate surface area is 78.7 Å². The van der Waals surface area contributed by atoms with E-state index in [-0.39, 0.29) is 18.6 Å². The first-order valence-corrected chi connectivity index (χ1v) is 4.83. The van der Waals surface area contributed by atoms with Gasteiger partial charge >= 0.3 is 0 Å². The van der Waals surface area contributed by atoms with E-state index in [0.29, 0.717) is 6.54 Å². The van der Waals surface area contributed by atoms with Crippen molar-refractivity contribution in [3.63, 3.8) is 0 Å². The highest BCUT2D eigenvalue weighted by molar-refractivity contribution is 5.78. The van der Waals surface area contributed by atoms with Crippen molar-refractivity contribution in [2.75, 3.05) is 19.7 Å². The summed E-state index contributed by atoms with van der Waals surface area (Å²) in [6, 6.07) is -0.143. The van der Waals surface area contributed by atoms with E-state index in [1.54, 1.807) is 6.92 Å². The molecule has 1 rings (SSSR count). The van der Waals surface area contributed by atoms with Crippen LogP contribution in [0.3, 0.4) is 0 Å². The molecule has 1 saturated carbocycles. The van der Waals surface area contributed by atoms with E-state index in [0.717, 1.165) is 12.5 Å². The predicted molar refractivity (Wildman–Crippen MR) is 50.3 cm³/mol. The first-order chi connectivity index (χ1) is 6.22. The molecular weight excluding hydrogens is 168 g/mol. The molecular formula is C9H18N2O2. The molecule has 0 aliphatic heterocycles. The maximum atomic E-state index is 11.1. The molecule has 1 aliphatic rings. The molecule has 1 amide bonds. The van der Waals surface area contributed by atoms with Crippen molar-refractivity contribution in [3.05, 3.63) is 0 Å². The minimum atomic E-state index is -0.143. The lowest BCUT2D eigenvalue weighted by molar-refractivity contribution is -0.121. The van der Waals surface area contributed by atoms with Gasteiger partial charge in [-0.2, -0.15) is 0 Å². The summed E-state index contributed by atoms with van der Waals surface area (Å²) in [5.74, 6) is 0.755. The summed E-state index contributed by atoms with van der Waals surface area (Å²) >= 11 is 0. The lowest BCUT2D eigenvalue weighted by Gasteiger charge is -2.10. The van der Waals surface area contributed by atoms with Crippen LogP contribution in [0.4, 0.5) is 0 Å². The minimum Gasteiger partial charge on any atom is -0.394 e. The van der Waals surface area contributed by atoms with Crippen LogP contribution in [0.2, 0.25) is 0 Å². The van der Waals surface area contributed by atoms with Gasteiger partial charge in [-0.25, -0.2) is 0 Å². The second-order valence-corrected chi connectivity index (χ2v) is 3.73. The van der Waals surface area contributed by atoms with Crippen LogP contribution < -0.4 is 10.6 Å². The second-order valence-electron chi connectivity index (χ2n) is 3.73. The molecule has 3 N–H and O–H groups in total. The van der Waals surface area contributed by atoms with Crippen LogP contribution >= 0.6 is 0 Å². The van der Waals surface area contributed by atoms with Crippen molar-refractivity contribution < 1.29 is 9.90 Å². The number of carbonyl (C=O) groups is 1. The van der Waals surface area contributed by atoms with Gasteiger partial charge in [0.2, 0.25) is 5.91 Å². The summed E-state index contributed by atoms with van der Waals surface area (Å²) in [6.07, 6.45) is 2.59. The largest absolute Gasteiger partial charge is 0.394 e. The van der Waals surface area contributed by atoms with Crippen molar-refractivity contribution in [1.82, 2.24) is 10.6 Å². The Morgan fingerprint density at radius 3 is 2.85 bits per heavy atom. The highest BCUT2D eigenvalue weighted by Crippen LogP contribution is 2.27. The molecule has 0 aromatic carbocycles. The van der Waals surface area contributed by atoms with Gasteiger partial charge in [-0.05, 0) is 32.2 Å². The topological polar surface area (TPSA) is 61.4 Å². The summed E-state index contributed by atoms with van der Waals surface area (Å²) in [7, 11) is 0. The number of amides is 1. The molecule has 13 heavy (non-hydrogen) atoms. The highest BCUT2D eigenvalue weighted by atomic mass is 16.3. The molecule has 0 aromatic heterocycles. The third-order valence-electron chi connectivity index (χ3n) is 2.10. The number of aliphatic hydroxyl groups is 1. The predicted octanol–water partition coefficient (Wildman–Crippen LogP) is -0.517. The standard InChI is InChI=1S/C9H18N2O2/c1-7(6-12)11-9(13)5-10-4-8-2-3-8/h7-8,10,12H,2-6H2,1H3,(H,11,13)/t7-/m0/s1. The van der Waals surface area contributed by atoms with Crippen LogP contribution in [0.15, 0.2) is 0 Å². The molecule has 0 radical (unpaired) electrons. The van der Waals surface area contributed by atoms with E-state index >= 15 is 0 Å². The monoisotopic (exact) mass is 186 g/mol. The number of carbonyl (C=O) groups excluding carboxylic acids is 1. The van der Waals surface area contributed by atoms with Crippen LogP contribution in [0.5, 0.6) is 0 Å². The van der Waals surface area contributed by atoms with Gasteiger partial charge in [0.05, 0.1) is 13.2 Å². The molecule has 1 atom stereocenters. The van der Waals surface area contributed by atoms with Gasteiger partial charge in [-0.3, -0.25) is 4.79 Å². The van der Waals surface area contributed by atoms with Gasteiger partial charge < -0.3 is 15.7 Å². The van der Waals surface area contributed by atoms with Crippen LogP contribution in [-0.4, -0.2) is 36.8 Å². The fourth-order valence-corrected chi connectivity index (χ4v) is 1.08. The van der Waals surface area contributed by atoms with Crippen molar-refractivity contribution in [3.8, 4) is 0 Å². The minimum absolute atomic E-state index is 0.00559. The highest BCUT2D eigenvalue weighted by Gasteiger charge is 2.20. The normalized spacial score (nSPS) is 18.3. The Balaban J connectivity index is 1.96. The number of aliphatic hydroxyl groups excluding tert-OH is 1. The van der Waals surface area contributed by atoms with E-state index in [9.17, 15) is 4.79 Å². The molecule has 0 bridgehead atoms. The zero-order valence-electron chi connectivity index (χ0n) is 8.05. The van der Waals surface area contributed by atoms with Crippen LogP contribution in [0, 0.1) is 5.92 Å². The maximum absolute atomic E-state index is 11.1. The van der Waals surface area contributed by atoms with Crippen LogP contribution in [0.1, 0.15) is 19.8 Å². The average molecular weight is 186 g/mol. The molecule has 4 heteroatoms. The van der Waals surface area contributed by atoms with Gasteiger partial charge in [0, 0.05) is 6.04 Å². The zero-order chi connectivity index (χ0) is 9.68. The second kappa shape index (κ2) is 5.19. The number of hydrogen-bond donors (Lipinski definition) is 3. The maximum Gasteiger partial charge on any atom is 0.234 e. The van der Waals surface area contributed by atoms with E-state index in [1.807, 2.05) is 0 Å². The summed E-state index contributed by atoms with van der Waals surface area (Å²) < 4.78 is 0. The van der Waals surface area contributed by atoms with E-state index in [4.69, 9.17) is 5.11 Å². The SMILES string of the molecule is C[C@@H](CO)NC(=O)CNCC1CC1. The van der Waals surface area contributed by atoms with Crippen molar-refractivity contribution in [1.29, 1.82) is 0 Å². The molecule has 0 aromatic rings. The fourth-order valence-electron chi connectivity index (χ4n) is 1.08. The fraction of sp³-hybridized carbons (Fsp3) is 0.889. The third kappa shape index (κ3) is 4.85. The molecule has 0 unspecified atom stereocenters. The number of rotatable bonds is 6. The van der Waals surface area contributed by atoms with Gasteiger partial charge in [0.15, 0.2) is 0 Å². The number of nitrogens with one attached hydrogen (secondary N) is 2. The Hall–Kier alpha value is -0.610. The molecule has 1 fully saturated rings. The summed E-state index contributed by atoms with van der Waals surface area (Å²) in [5.41, 5.74) is 0. The summed E-state index contributed by atoms with van der Waals surface area (Å²) in [5, 5.41) is 14.4. The lowest BCUT2D eigenvalue weighted by atomic mass is 10.3. The van der Waals surface area contributed by atoms with Gasteiger partial charge in [0.25, 0.3) is 0 Å². The zero-order valence-corrected chi connectivity index (χ0v) is 8.05. The van der Waals surface area contributed by atoms with E-state index in [2.05, 4.69) is 10.6 Å². The molecule has 0 saturated heterocycles. The van der Waals surface area contributed by atoms with Crippen LogP contribution in [0.25, 0.3) is 0 Å². The third-order valence-corrected chi connectivity index (χ3v) is 2.10. The first kappa shape index (κ1) is 10.5. The Bertz CT molecular complexity index is 169. The molecule has 0 heterocycles. The van der Waals surface area contributed by atoms with Crippen molar-refractivity contribution in [2.24, 2.45) is 5.92 Å². The molecule has 76 valence electrons. The van der Waals surface area contributed by atoms with E-state index < -0.39 is 0 Å². The molecule has 1 aliphatic carbocycles. The van der Waals surface area contributed by atoms with Crippen molar-refractivity contribution in [2.45, 2.75) is 25.8 Å². The molecule has 0 spiro atoms. The number of hydrogen-bond acceptors (Lipinski definition) is 3. The van der Waals surface area contributed by atoms with E-state index in [1.165, 1.54) is 12.8 Å².